The fraction of sp³-hybridized carbons (Fsp3) is 1.00. The van der Waals surface area contributed by atoms with E-state index in [0.717, 1.165) is 25.7 Å². The molecule has 0 rings (SSSR count). The van der Waals surface area contributed by atoms with E-state index < -0.39 is 34.2 Å². The van der Waals surface area contributed by atoms with Gasteiger partial charge in [-0.2, -0.15) is 0 Å². The number of ether oxygens (including phenoxy) is 4. The molecule has 0 saturated carbocycles. The maximum absolute atomic E-state index is 9.80. The van der Waals surface area contributed by atoms with Crippen molar-refractivity contribution < 1.29 is 74.8 Å². The lowest BCUT2D eigenvalue weighted by molar-refractivity contribution is -0.0288. The van der Waals surface area contributed by atoms with Crippen LogP contribution in [-0.2, 0) is 54.4 Å². The first-order valence-corrected chi connectivity index (χ1v) is 27.3. The minimum absolute atomic E-state index is 0.109. The Labute approximate surface area is 317 Å². The Hall–Kier alpha value is 0.228. The predicted octanol–water partition coefficient (Wildman–Crippen LogP) is 1.98. The zero-order chi connectivity index (χ0) is 39.2. The first-order valence-electron chi connectivity index (χ1n) is 18.3. The van der Waals surface area contributed by atoms with Crippen molar-refractivity contribution >= 4 is 34.2 Å². The Balaban J connectivity index is 5.22. The van der Waals surface area contributed by atoms with Crippen LogP contribution in [0.4, 0.5) is 0 Å². The Morgan fingerprint density at radius 2 is 0.615 bits per heavy atom. The molecule has 0 amide bonds. The molecule has 0 aromatic rings. The summed E-state index contributed by atoms with van der Waals surface area (Å²) in [4.78, 5) is 0. The van der Waals surface area contributed by atoms with Crippen LogP contribution in [0.25, 0.3) is 0 Å². The molecule has 4 N–H and O–H groups in total. The molecule has 2 unspecified atom stereocenters. The van der Waals surface area contributed by atoms with Gasteiger partial charge in [0.2, 0.25) is 0 Å². The molecule has 52 heavy (non-hydrogen) atoms. The summed E-state index contributed by atoms with van der Waals surface area (Å²) in [7, 11) is 2.10. The maximum Gasteiger partial charge on any atom is 0.364 e. The fourth-order valence-corrected chi connectivity index (χ4v) is 12.4. The van der Waals surface area contributed by atoms with Gasteiger partial charge in [-0.1, -0.05) is 12.8 Å². The second kappa shape index (κ2) is 31.3. The molecule has 16 nitrogen and oxygen atoms in total. The lowest BCUT2D eigenvalue weighted by Gasteiger charge is -2.26. The van der Waals surface area contributed by atoms with Crippen molar-refractivity contribution in [2.75, 3.05) is 121 Å². The Morgan fingerprint density at radius 3 is 0.846 bits per heavy atom. The van der Waals surface area contributed by atoms with E-state index in [0.29, 0.717) is 89.5 Å². The highest BCUT2D eigenvalue weighted by Crippen LogP contribution is 2.19. The van der Waals surface area contributed by atoms with Crippen molar-refractivity contribution in [2.24, 2.45) is 0 Å². The van der Waals surface area contributed by atoms with Crippen molar-refractivity contribution in [1.29, 1.82) is 0 Å². The standard InChI is InChI=1S/C32H74O16Si4/c1-37-49(27-33,38-2)21-11-17-45-25-31(47-19-13-23-51(29-35,41-5)42-6)15-9-10-16-32(48-20-14-24-52(30-36,43-7)44-8)26-46-18-12-22-50(28-34,39-3)40-4/h31-36H,9-30H2,1-8H3. The van der Waals surface area contributed by atoms with Gasteiger partial charge >= 0.3 is 34.2 Å². The normalized spacial score (nSPS) is 14.3. The molecule has 314 valence electrons. The summed E-state index contributed by atoms with van der Waals surface area (Å²) >= 11 is 0. The number of hydrogen-bond acceptors (Lipinski definition) is 16. The maximum atomic E-state index is 9.80. The zero-order valence-electron chi connectivity index (χ0n) is 33.4. The summed E-state index contributed by atoms with van der Waals surface area (Å²) in [5.41, 5.74) is 0. The molecule has 0 spiro atoms. The summed E-state index contributed by atoms with van der Waals surface area (Å²) in [6, 6.07) is 2.47. The highest BCUT2D eigenvalue weighted by Gasteiger charge is 2.36. The highest BCUT2D eigenvalue weighted by molar-refractivity contribution is 6.68. The van der Waals surface area contributed by atoms with E-state index in [-0.39, 0.29) is 37.1 Å². The van der Waals surface area contributed by atoms with Gasteiger partial charge in [0.05, 0.1) is 50.3 Å². The summed E-state index contributed by atoms with van der Waals surface area (Å²) in [5, 5.41) is 39.1. The van der Waals surface area contributed by atoms with E-state index in [2.05, 4.69) is 0 Å². The van der Waals surface area contributed by atoms with Crippen molar-refractivity contribution in [2.45, 2.75) is 87.8 Å². The second-order valence-corrected chi connectivity index (χ2v) is 26.6. The molecule has 0 saturated heterocycles. The molecule has 0 aliphatic heterocycles. The third kappa shape index (κ3) is 20.4. The van der Waals surface area contributed by atoms with Crippen molar-refractivity contribution in [3.63, 3.8) is 0 Å². The molecular formula is C32H74O16Si4. The van der Waals surface area contributed by atoms with E-state index in [1.807, 2.05) is 0 Å². The molecule has 0 bridgehead atoms. The van der Waals surface area contributed by atoms with Crippen LogP contribution in [0.2, 0.25) is 24.2 Å². The quantitative estimate of drug-likeness (QED) is 0.0519. The molecule has 0 aliphatic carbocycles. The number of aliphatic hydroxyl groups is 4. The van der Waals surface area contributed by atoms with Gasteiger partial charge < -0.3 is 74.8 Å². The molecule has 0 radical (unpaired) electrons. The molecular weight excluding hydrogens is 753 g/mol. The van der Waals surface area contributed by atoms with Crippen molar-refractivity contribution in [3.05, 3.63) is 0 Å². The monoisotopic (exact) mass is 826 g/mol. The van der Waals surface area contributed by atoms with Gasteiger partial charge in [-0.15, -0.1) is 0 Å². The van der Waals surface area contributed by atoms with Gasteiger partial charge in [-0.05, 0) is 62.7 Å². The van der Waals surface area contributed by atoms with Crippen LogP contribution in [0.5, 0.6) is 0 Å². The van der Waals surface area contributed by atoms with Gasteiger partial charge in [-0.25, -0.2) is 0 Å². The Morgan fingerprint density at radius 1 is 0.365 bits per heavy atom. The van der Waals surface area contributed by atoms with Crippen LogP contribution < -0.4 is 0 Å². The molecule has 0 aliphatic rings. The fourth-order valence-electron chi connectivity index (χ4n) is 5.66. The minimum atomic E-state index is -2.63. The van der Waals surface area contributed by atoms with Gasteiger partial charge in [0, 0.05) is 83.3 Å². The van der Waals surface area contributed by atoms with Crippen LogP contribution in [0.15, 0.2) is 0 Å². The van der Waals surface area contributed by atoms with E-state index in [4.69, 9.17) is 54.4 Å². The second-order valence-electron chi connectivity index (χ2n) is 12.7. The van der Waals surface area contributed by atoms with E-state index >= 15 is 0 Å². The molecule has 0 fully saturated rings. The Kier molecular flexibility index (Phi) is 31.5. The average molecular weight is 827 g/mol. The molecule has 0 aromatic carbocycles. The number of unbranched alkanes of at least 4 members (excludes halogenated alkanes) is 1. The van der Waals surface area contributed by atoms with Crippen molar-refractivity contribution in [1.82, 2.24) is 0 Å². The van der Waals surface area contributed by atoms with Crippen LogP contribution in [0.3, 0.4) is 0 Å². The van der Waals surface area contributed by atoms with Gasteiger partial charge in [0.15, 0.2) is 0 Å². The number of hydrogen-bond donors (Lipinski definition) is 4. The van der Waals surface area contributed by atoms with Gasteiger partial charge in [0.25, 0.3) is 0 Å². The first kappa shape index (κ1) is 52.2. The lowest BCUT2D eigenvalue weighted by Crippen LogP contribution is -2.44. The number of aliphatic hydroxyl groups excluding tert-OH is 4. The zero-order valence-corrected chi connectivity index (χ0v) is 37.4. The van der Waals surface area contributed by atoms with Crippen LogP contribution in [0.1, 0.15) is 51.4 Å². The Bertz CT molecular complexity index is 711. The third-order valence-corrected chi connectivity index (χ3v) is 22.0. The number of rotatable bonds is 39. The summed E-state index contributed by atoms with van der Waals surface area (Å²) < 4.78 is 68.6. The minimum Gasteiger partial charge on any atom is -0.396 e. The summed E-state index contributed by atoms with van der Waals surface area (Å²) in [6.07, 6.45) is 5.39. The van der Waals surface area contributed by atoms with E-state index in [1.54, 1.807) is 56.9 Å². The molecule has 2 atom stereocenters. The highest BCUT2D eigenvalue weighted by atomic mass is 28.4. The third-order valence-electron chi connectivity index (χ3n) is 9.65. The van der Waals surface area contributed by atoms with E-state index in [9.17, 15) is 20.4 Å². The van der Waals surface area contributed by atoms with Crippen molar-refractivity contribution in [3.8, 4) is 0 Å². The van der Waals surface area contributed by atoms with Crippen LogP contribution in [-0.4, -0.2) is 188 Å². The van der Waals surface area contributed by atoms with Crippen LogP contribution in [0, 0.1) is 0 Å². The van der Waals surface area contributed by atoms with Gasteiger partial charge in [-0.3, -0.25) is 0 Å². The molecule has 20 heteroatoms. The smallest absolute Gasteiger partial charge is 0.364 e. The van der Waals surface area contributed by atoms with Gasteiger partial charge in [0.1, 0.15) is 0 Å². The lowest BCUT2D eigenvalue weighted by atomic mass is 10.1. The topological polar surface area (TPSA) is 192 Å². The molecule has 0 aromatic heterocycles. The van der Waals surface area contributed by atoms with Crippen LogP contribution >= 0.6 is 0 Å². The first-order chi connectivity index (χ1) is 25.1. The summed E-state index contributed by atoms with van der Waals surface area (Å²) in [6.45, 7) is 2.79. The largest absolute Gasteiger partial charge is 0.396 e. The summed E-state index contributed by atoms with van der Waals surface area (Å²) in [5.74, 6) is 0. The van der Waals surface area contributed by atoms with E-state index in [1.165, 1.54) is 0 Å². The SMILES string of the molecule is CO[Si](CO)(CCCOCC(CCCCC(COCCC[Si](CO)(OC)OC)OCCC[Si](CO)(OC)OC)OCCC[Si](CO)(OC)OC)OC. The average Bonchev–Trinajstić information content (AvgIpc) is 3.19. The predicted molar refractivity (Wildman–Crippen MR) is 205 cm³/mol. The molecule has 0 heterocycles.